The Morgan fingerprint density at radius 3 is 2.68 bits per heavy atom. The Bertz CT molecular complexity index is 1140. The lowest BCUT2D eigenvalue weighted by molar-refractivity contribution is 0.0953. The molecule has 8 nitrogen and oxygen atoms in total. The zero-order chi connectivity index (χ0) is 20.5. The summed E-state index contributed by atoms with van der Waals surface area (Å²) in [5, 5.41) is 5.02. The number of amides is 1. The van der Waals surface area contributed by atoms with Crippen LogP contribution in [-0.4, -0.2) is 29.9 Å². The van der Waals surface area contributed by atoms with E-state index in [2.05, 4.69) is 5.10 Å². The highest BCUT2D eigenvalue weighted by Crippen LogP contribution is 2.27. The molecular weight excluding hydrogens is 385 g/mol. The van der Waals surface area contributed by atoms with Crippen molar-refractivity contribution in [2.75, 3.05) is 10.1 Å². The highest BCUT2D eigenvalue weighted by molar-refractivity contribution is 7.92. The van der Waals surface area contributed by atoms with E-state index in [1.165, 1.54) is 19.1 Å². The number of aryl methyl sites for hydroxylation is 1. The van der Waals surface area contributed by atoms with E-state index in [0.717, 1.165) is 21.3 Å². The van der Waals surface area contributed by atoms with Gasteiger partial charge in [-0.2, -0.15) is 5.10 Å². The number of halogens is 1. The molecule has 0 atom stereocenters. The molecule has 0 radical (unpaired) electrons. The Labute approximate surface area is 161 Å². The van der Waals surface area contributed by atoms with Gasteiger partial charge in [0.1, 0.15) is 5.82 Å². The van der Waals surface area contributed by atoms with Crippen molar-refractivity contribution in [1.82, 2.24) is 15.2 Å². The minimum absolute atomic E-state index is 0.0463. The first kappa shape index (κ1) is 19.8. The van der Waals surface area contributed by atoms with Gasteiger partial charge in [0.05, 0.1) is 29.7 Å². The van der Waals surface area contributed by atoms with Crippen molar-refractivity contribution in [1.29, 1.82) is 0 Å². The van der Waals surface area contributed by atoms with E-state index in [1.54, 1.807) is 36.1 Å². The molecule has 0 bridgehead atoms. The number of carbonyl (C=O) groups is 1. The Morgan fingerprint density at radius 2 is 2.04 bits per heavy atom. The van der Waals surface area contributed by atoms with Gasteiger partial charge in [0.25, 0.3) is 5.91 Å². The normalized spacial score (nSPS) is 11.6. The van der Waals surface area contributed by atoms with E-state index in [-0.39, 0.29) is 23.4 Å². The number of aromatic nitrogens is 2. The van der Waals surface area contributed by atoms with E-state index < -0.39 is 21.7 Å². The molecule has 3 rings (SSSR count). The van der Waals surface area contributed by atoms with Crippen LogP contribution in [0.5, 0.6) is 0 Å². The number of hydrazine groups is 1. The number of benzene rings is 2. The van der Waals surface area contributed by atoms with Crippen LogP contribution in [0.3, 0.4) is 0 Å². The van der Waals surface area contributed by atoms with Gasteiger partial charge in [0.15, 0.2) is 0 Å². The van der Waals surface area contributed by atoms with E-state index in [1.807, 2.05) is 5.43 Å². The molecule has 148 valence electrons. The van der Waals surface area contributed by atoms with Crippen molar-refractivity contribution in [2.24, 2.45) is 12.9 Å². The van der Waals surface area contributed by atoms with Crippen molar-refractivity contribution in [3.8, 4) is 0 Å². The fraction of sp³-hybridized carbons (Fsp3) is 0.222. The van der Waals surface area contributed by atoms with E-state index in [4.69, 9.17) is 5.84 Å². The van der Waals surface area contributed by atoms with E-state index >= 15 is 0 Å². The molecule has 0 saturated carbocycles. The first-order valence-electron chi connectivity index (χ1n) is 8.48. The number of hydrogen-bond donors (Lipinski definition) is 2. The highest BCUT2D eigenvalue weighted by atomic mass is 32.2. The predicted octanol–water partition coefficient (Wildman–Crippen LogP) is 1.67. The molecule has 10 heteroatoms. The average Bonchev–Trinajstić information content (AvgIpc) is 3.06. The summed E-state index contributed by atoms with van der Waals surface area (Å²) in [6.07, 6.45) is 1.68. The van der Waals surface area contributed by atoms with Crippen LogP contribution in [-0.2, 0) is 23.6 Å². The summed E-state index contributed by atoms with van der Waals surface area (Å²) in [5.41, 5.74) is 3.27. The van der Waals surface area contributed by atoms with Gasteiger partial charge in [-0.3, -0.25) is 19.2 Å². The Hall–Kier alpha value is -2.98. The number of rotatable bonds is 6. The van der Waals surface area contributed by atoms with Crippen LogP contribution in [0.4, 0.5) is 10.1 Å². The van der Waals surface area contributed by atoms with Gasteiger partial charge in [-0.25, -0.2) is 18.7 Å². The highest BCUT2D eigenvalue weighted by Gasteiger charge is 2.23. The summed E-state index contributed by atoms with van der Waals surface area (Å²) in [7, 11) is -1.93. The minimum Gasteiger partial charge on any atom is -0.290 e. The number of hydrogen-bond acceptors (Lipinski definition) is 5. The molecule has 3 aromatic rings. The number of nitrogens with one attached hydrogen (secondary N) is 1. The molecule has 0 spiro atoms. The van der Waals surface area contributed by atoms with Gasteiger partial charge < -0.3 is 0 Å². The molecule has 0 aliphatic heterocycles. The van der Waals surface area contributed by atoms with Gasteiger partial charge in [0, 0.05) is 23.6 Å². The average molecular weight is 405 g/mol. The van der Waals surface area contributed by atoms with Gasteiger partial charge >= 0.3 is 0 Å². The summed E-state index contributed by atoms with van der Waals surface area (Å²) in [4.78, 5) is 11.5. The first-order valence-corrected chi connectivity index (χ1v) is 10.1. The molecule has 0 aliphatic carbocycles. The topological polar surface area (TPSA) is 110 Å². The van der Waals surface area contributed by atoms with Crippen molar-refractivity contribution >= 4 is 32.5 Å². The van der Waals surface area contributed by atoms with Crippen molar-refractivity contribution in [2.45, 2.75) is 13.5 Å². The molecule has 0 unspecified atom stereocenters. The SMILES string of the molecule is CCS(=O)(=O)N(Cc1ccc(C(=O)NN)cc1F)c1ccc2cnn(C)c2c1. The number of fused-ring (bicyclic) bond motifs is 1. The third-order valence-corrected chi connectivity index (χ3v) is 6.22. The zero-order valence-electron chi connectivity index (χ0n) is 15.4. The predicted molar refractivity (Wildman–Crippen MR) is 104 cm³/mol. The standard InChI is InChI=1S/C18H20FN5O3S/c1-3-28(26,27)24(15-7-6-13-10-21-23(2)17(13)9-15)11-14-5-4-12(8-16(14)19)18(25)22-20/h4-10H,3,11,20H2,1-2H3,(H,22,25). The van der Waals surface area contributed by atoms with Crippen LogP contribution < -0.4 is 15.6 Å². The number of sulfonamides is 1. The first-order chi connectivity index (χ1) is 13.3. The van der Waals surface area contributed by atoms with Gasteiger partial charge in [-0.05, 0) is 37.3 Å². The van der Waals surface area contributed by atoms with E-state index in [9.17, 15) is 17.6 Å². The molecule has 0 fully saturated rings. The fourth-order valence-corrected chi connectivity index (χ4v) is 3.93. The smallest absolute Gasteiger partial charge is 0.265 e. The lowest BCUT2D eigenvalue weighted by Crippen LogP contribution is -2.32. The Morgan fingerprint density at radius 1 is 1.29 bits per heavy atom. The van der Waals surface area contributed by atoms with Crippen molar-refractivity contribution < 1.29 is 17.6 Å². The summed E-state index contributed by atoms with van der Waals surface area (Å²) in [6, 6.07) is 8.91. The maximum absolute atomic E-state index is 14.5. The molecule has 0 saturated heterocycles. The summed E-state index contributed by atoms with van der Waals surface area (Å²) >= 11 is 0. The Balaban J connectivity index is 2.04. The number of nitrogen functional groups attached to an aromatic ring is 1. The van der Waals surface area contributed by atoms with Crippen LogP contribution >= 0.6 is 0 Å². The summed E-state index contributed by atoms with van der Waals surface area (Å²) < 4.78 is 42.7. The molecule has 28 heavy (non-hydrogen) atoms. The van der Waals surface area contributed by atoms with Crippen LogP contribution in [0.25, 0.3) is 10.9 Å². The number of carbonyl (C=O) groups excluding carboxylic acids is 1. The molecular formula is C18H20FN5O3S. The lowest BCUT2D eigenvalue weighted by atomic mass is 10.1. The maximum Gasteiger partial charge on any atom is 0.265 e. The number of anilines is 1. The zero-order valence-corrected chi connectivity index (χ0v) is 16.2. The van der Waals surface area contributed by atoms with E-state index in [0.29, 0.717) is 5.69 Å². The molecule has 3 N–H and O–H groups in total. The number of nitrogens with two attached hydrogens (primary N) is 1. The molecule has 1 amide bonds. The second-order valence-electron chi connectivity index (χ2n) is 6.20. The third-order valence-electron chi connectivity index (χ3n) is 4.48. The van der Waals surface area contributed by atoms with Crippen LogP contribution in [0.15, 0.2) is 42.6 Å². The lowest BCUT2D eigenvalue weighted by Gasteiger charge is -2.24. The largest absolute Gasteiger partial charge is 0.290 e. The molecule has 2 aromatic carbocycles. The van der Waals surface area contributed by atoms with Crippen LogP contribution in [0, 0.1) is 5.82 Å². The molecule has 1 aromatic heterocycles. The second-order valence-corrected chi connectivity index (χ2v) is 8.38. The molecule has 0 aliphatic rings. The summed E-state index contributed by atoms with van der Waals surface area (Å²) in [5.74, 6) is 3.58. The third kappa shape index (κ3) is 3.69. The van der Waals surface area contributed by atoms with Crippen molar-refractivity contribution in [3.05, 3.63) is 59.5 Å². The van der Waals surface area contributed by atoms with Gasteiger partial charge in [0.2, 0.25) is 10.0 Å². The van der Waals surface area contributed by atoms with Gasteiger partial charge in [-0.15, -0.1) is 0 Å². The minimum atomic E-state index is -3.69. The van der Waals surface area contributed by atoms with Gasteiger partial charge in [-0.1, -0.05) is 6.07 Å². The quantitative estimate of drug-likeness (QED) is 0.368. The summed E-state index contributed by atoms with van der Waals surface area (Å²) in [6.45, 7) is 1.31. The van der Waals surface area contributed by atoms with Crippen LogP contribution in [0.2, 0.25) is 0 Å². The maximum atomic E-state index is 14.5. The number of nitrogens with zero attached hydrogens (tertiary/aromatic N) is 3. The second kappa shape index (κ2) is 7.56. The van der Waals surface area contributed by atoms with Crippen LogP contribution in [0.1, 0.15) is 22.8 Å². The Kier molecular flexibility index (Phi) is 5.34. The van der Waals surface area contributed by atoms with Crippen molar-refractivity contribution in [3.63, 3.8) is 0 Å². The monoisotopic (exact) mass is 405 g/mol. The fourth-order valence-electron chi connectivity index (χ4n) is 2.85. The molecule has 1 heterocycles.